The van der Waals surface area contributed by atoms with Gasteiger partial charge in [-0.05, 0) is 31.6 Å². The molecule has 8 heteroatoms. The van der Waals surface area contributed by atoms with Crippen molar-refractivity contribution >= 4 is 11.9 Å². The van der Waals surface area contributed by atoms with Crippen molar-refractivity contribution in [3.8, 4) is 0 Å². The number of piperidine rings is 1. The smallest absolute Gasteiger partial charge is 0.471 e. The van der Waals surface area contributed by atoms with Gasteiger partial charge in [0.2, 0.25) is 0 Å². The van der Waals surface area contributed by atoms with E-state index in [4.69, 9.17) is 9.84 Å². The molecule has 2 rings (SSSR count). The van der Waals surface area contributed by atoms with Crippen LogP contribution < -0.4 is 0 Å². The molecule has 0 saturated carbocycles. The SMILES string of the molecule is O=C(O)[C@H]1CCO[C@H]1CC1CCN(C(=O)C(F)(F)F)CC1. The third kappa shape index (κ3) is 3.87. The van der Waals surface area contributed by atoms with Crippen LogP contribution in [0.1, 0.15) is 25.7 Å². The van der Waals surface area contributed by atoms with Crippen LogP contribution in [-0.4, -0.2) is 53.9 Å². The lowest BCUT2D eigenvalue weighted by atomic mass is 9.87. The molecule has 5 nitrogen and oxygen atoms in total. The van der Waals surface area contributed by atoms with Crippen molar-refractivity contribution in [3.63, 3.8) is 0 Å². The number of likely N-dealkylation sites (tertiary alicyclic amines) is 1. The Kier molecular flexibility index (Phi) is 4.75. The fraction of sp³-hybridized carbons (Fsp3) is 0.846. The van der Waals surface area contributed by atoms with E-state index in [-0.39, 0.29) is 25.1 Å². The van der Waals surface area contributed by atoms with Gasteiger partial charge in [-0.25, -0.2) is 0 Å². The quantitative estimate of drug-likeness (QED) is 0.861. The van der Waals surface area contributed by atoms with E-state index < -0.39 is 24.0 Å². The standard InChI is InChI=1S/C13H18F3NO4/c14-13(15,16)12(20)17-4-1-8(2-5-17)7-10-9(11(18)19)3-6-21-10/h8-10H,1-7H2,(H,18,19)/t9-,10-/m0/s1. The lowest BCUT2D eigenvalue weighted by Gasteiger charge is -2.33. The summed E-state index contributed by atoms with van der Waals surface area (Å²) in [6.07, 6.45) is -3.27. The number of carbonyl (C=O) groups excluding carboxylic acids is 1. The zero-order valence-corrected chi connectivity index (χ0v) is 11.4. The van der Waals surface area contributed by atoms with Crippen LogP contribution in [0.2, 0.25) is 0 Å². The minimum atomic E-state index is -4.82. The van der Waals surface area contributed by atoms with Gasteiger partial charge in [-0.2, -0.15) is 13.2 Å². The van der Waals surface area contributed by atoms with Crippen molar-refractivity contribution in [1.82, 2.24) is 4.90 Å². The number of alkyl halides is 3. The van der Waals surface area contributed by atoms with Gasteiger partial charge in [-0.1, -0.05) is 0 Å². The first-order valence-corrected chi connectivity index (χ1v) is 6.99. The summed E-state index contributed by atoms with van der Waals surface area (Å²) < 4.78 is 42.4. The molecule has 120 valence electrons. The number of halogens is 3. The minimum Gasteiger partial charge on any atom is -0.481 e. The first-order chi connectivity index (χ1) is 9.79. The lowest BCUT2D eigenvalue weighted by Crippen LogP contribution is -2.45. The largest absolute Gasteiger partial charge is 0.481 e. The Labute approximate surface area is 120 Å². The second-order valence-corrected chi connectivity index (χ2v) is 5.61. The molecule has 0 aromatic rings. The number of carboxylic acids is 1. The monoisotopic (exact) mass is 309 g/mol. The summed E-state index contributed by atoms with van der Waals surface area (Å²) in [6, 6.07) is 0. The van der Waals surface area contributed by atoms with Gasteiger partial charge in [-0.15, -0.1) is 0 Å². The molecule has 2 aliphatic rings. The van der Waals surface area contributed by atoms with Crippen molar-refractivity contribution in [2.45, 2.75) is 38.0 Å². The van der Waals surface area contributed by atoms with Gasteiger partial charge in [0.25, 0.3) is 0 Å². The maximum absolute atomic E-state index is 12.3. The Bertz CT molecular complexity index is 405. The highest BCUT2D eigenvalue weighted by Crippen LogP contribution is 2.31. The Hall–Kier alpha value is -1.31. The molecule has 1 amide bonds. The molecule has 1 N–H and O–H groups in total. The number of ether oxygens (including phenoxy) is 1. The van der Waals surface area contributed by atoms with Crippen LogP contribution in [-0.2, 0) is 14.3 Å². The van der Waals surface area contributed by atoms with Crippen molar-refractivity contribution in [2.75, 3.05) is 19.7 Å². The van der Waals surface area contributed by atoms with Gasteiger partial charge >= 0.3 is 18.1 Å². The molecule has 2 saturated heterocycles. The average Bonchev–Trinajstić information content (AvgIpc) is 2.86. The normalized spacial score (nSPS) is 27.9. The number of carbonyl (C=O) groups is 2. The highest BCUT2D eigenvalue weighted by molar-refractivity contribution is 5.81. The maximum atomic E-state index is 12.3. The fourth-order valence-corrected chi connectivity index (χ4v) is 3.04. The van der Waals surface area contributed by atoms with Gasteiger partial charge in [0.1, 0.15) is 0 Å². The van der Waals surface area contributed by atoms with Crippen LogP contribution in [0.15, 0.2) is 0 Å². The number of rotatable bonds is 3. The molecule has 0 bridgehead atoms. The Balaban J connectivity index is 1.82. The van der Waals surface area contributed by atoms with E-state index in [0.29, 0.717) is 32.3 Å². The van der Waals surface area contributed by atoms with Gasteiger partial charge < -0.3 is 14.7 Å². The second-order valence-electron chi connectivity index (χ2n) is 5.61. The van der Waals surface area contributed by atoms with Crippen molar-refractivity contribution in [3.05, 3.63) is 0 Å². The minimum absolute atomic E-state index is 0.0630. The van der Waals surface area contributed by atoms with Crippen LogP contribution in [0.25, 0.3) is 0 Å². The summed E-state index contributed by atoms with van der Waals surface area (Å²) in [5.74, 6) is -3.10. The molecule has 2 fully saturated rings. The van der Waals surface area contributed by atoms with Crippen molar-refractivity contribution < 1.29 is 32.6 Å². The number of hydrogen-bond donors (Lipinski definition) is 1. The number of carboxylic acid groups (broad SMARTS) is 1. The number of nitrogens with zero attached hydrogens (tertiary/aromatic N) is 1. The Morgan fingerprint density at radius 1 is 1.19 bits per heavy atom. The molecule has 2 atom stereocenters. The van der Waals surface area contributed by atoms with Gasteiger partial charge in [-0.3, -0.25) is 9.59 Å². The van der Waals surface area contributed by atoms with E-state index >= 15 is 0 Å². The topological polar surface area (TPSA) is 66.8 Å². The number of amides is 1. The van der Waals surface area contributed by atoms with Crippen molar-refractivity contribution in [2.24, 2.45) is 11.8 Å². The highest BCUT2D eigenvalue weighted by atomic mass is 19.4. The average molecular weight is 309 g/mol. The summed E-state index contributed by atoms with van der Waals surface area (Å²) in [6.45, 7) is 0.536. The molecule has 0 unspecified atom stereocenters. The zero-order valence-electron chi connectivity index (χ0n) is 11.4. The van der Waals surface area contributed by atoms with Crippen LogP contribution in [0, 0.1) is 11.8 Å². The third-order valence-corrected chi connectivity index (χ3v) is 4.24. The fourth-order valence-electron chi connectivity index (χ4n) is 3.04. The predicted octanol–water partition coefficient (Wildman–Crippen LogP) is 1.67. The van der Waals surface area contributed by atoms with Gasteiger partial charge in [0.15, 0.2) is 0 Å². The number of hydrogen-bond acceptors (Lipinski definition) is 3. The van der Waals surface area contributed by atoms with E-state index in [9.17, 15) is 22.8 Å². The highest BCUT2D eigenvalue weighted by Gasteiger charge is 2.44. The number of aliphatic carboxylic acids is 1. The van der Waals surface area contributed by atoms with Crippen LogP contribution in [0.3, 0.4) is 0 Å². The van der Waals surface area contributed by atoms with Gasteiger partial charge in [0, 0.05) is 19.7 Å². The summed E-state index contributed by atoms with van der Waals surface area (Å²) in [5, 5.41) is 9.06. The van der Waals surface area contributed by atoms with E-state index in [2.05, 4.69) is 0 Å². The predicted molar refractivity (Wildman–Crippen MR) is 65.5 cm³/mol. The molecule has 0 aromatic heterocycles. The first-order valence-electron chi connectivity index (χ1n) is 6.99. The van der Waals surface area contributed by atoms with Crippen LogP contribution >= 0.6 is 0 Å². The van der Waals surface area contributed by atoms with Gasteiger partial charge in [0.05, 0.1) is 12.0 Å². The van der Waals surface area contributed by atoms with E-state index in [0.717, 1.165) is 4.90 Å². The molecule has 2 aliphatic heterocycles. The van der Waals surface area contributed by atoms with Crippen LogP contribution in [0.4, 0.5) is 13.2 Å². The molecule has 0 aliphatic carbocycles. The molecule has 0 radical (unpaired) electrons. The second kappa shape index (κ2) is 6.21. The van der Waals surface area contributed by atoms with Crippen LogP contribution in [0.5, 0.6) is 0 Å². The Morgan fingerprint density at radius 3 is 2.33 bits per heavy atom. The molecule has 2 heterocycles. The summed E-state index contributed by atoms with van der Waals surface area (Å²) in [4.78, 5) is 23.0. The molecule has 0 aromatic carbocycles. The lowest BCUT2D eigenvalue weighted by molar-refractivity contribution is -0.186. The third-order valence-electron chi connectivity index (χ3n) is 4.24. The molecule has 21 heavy (non-hydrogen) atoms. The Morgan fingerprint density at radius 2 is 1.81 bits per heavy atom. The van der Waals surface area contributed by atoms with E-state index in [1.54, 1.807) is 0 Å². The molecular weight excluding hydrogens is 291 g/mol. The van der Waals surface area contributed by atoms with E-state index in [1.165, 1.54) is 0 Å². The summed E-state index contributed by atoms with van der Waals surface area (Å²) in [5.41, 5.74) is 0. The zero-order chi connectivity index (χ0) is 15.6. The van der Waals surface area contributed by atoms with Crippen molar-refractivity contribution in [1.29, 1.82) is 0 Å². The maximum Gasteiger partial charge on any atom is 0.471 e. The molecule has 0 spiro atoms. The first kappa shape index (κ1) is 16.1. The summed E-state index contributed by atoms with van der Waals surface area (Å²) >= 11 is 0. The molecular formula is C13H18F3NO4. The summed E-state index contributed by atoms with van der Waals surface area (Å²) in [7, 11) is 0. The van der Waals surface area contributed by atoms with E-state index in [1.807, 2.05) is 0 Å².